The molecule has 1 atom stereocenters. The van der Waals surface area contributed by atoms with Crippen LogP contribution in [0.25, 0.3) is 0 Å². The second-order valence-corrected chi connectivity index (χ2v) is 5.01. The second kappa shape index (κ2) is 5.34. The fourth-order valence-corrected chi connectivity index (χ4v) is 2.36. The quantitative estimate of drug-likeness (QED) is 0.747. The lowest BCUT2D eigenvalue weighted by molar-refractivity contribution is 0.0630. The van der Waals surface area contributed by atoms with Gasteiger partial charge >= 0.3 is 0 Å². The Hall–Kier alpha value is -1.64. The highest BCUT2D eigenvalue weighted by atomic mass is 16.2. The molecule has 0 saturated carbocycles. The van der Waals surface area contributed by atoms with Gasteiger partial charge in [-0.1, -0.05) is 38.8 Å². The Morgan fingerprint density at radius 2 is 1.67 bits per heavy atom. The molecule has 0 N–H and O–H groups in total. The maximum absolute atomic E-state index is 12.1. The van der Waals surface area contributed by atoms with Crippen molar-refractivity contribution in [2.75, 3.05) is 6.54 Å². The van der Waals surface area contributed by atoms with Crippen LogP contribution in [0.15, 0.2) is 24.3 Å². The van der Waals surface area contributed by atoms with Crippen LogP contribution >= 0.6 is 0 Å². The third-order valence-electron chi connectivity index (χ3n) is 3.42. The summed E-state index contributed by atoms with van der Waals surface area (Å²) in [5, 5.41) is 0. The number of unbranched alkanes of at least 4 members (excludes halogenated alkanes) is 1. The van der Waals surface area contributed by atoms with Crippen molar-refractivity contribution in [3.63, 3.8) is 0 Å². The van der Waals surface area contributed by atoms with E-state index in [0.29, 0.717) is 23.6 Å². The van der Waals surface area contributed by atoms with E-state index in [4.69, 9.17) is 0 Å². The van der Waals surface area contributed by atoms with Crippen LogP contribution in [-0.2, 0) is 0 Å². The molecule has 1 aromatic rings. The molecule has 0 spiro atoms. The van der Waals surface area contributed by atoms with Crippen LogP contribution < -0.4 is 0 Å². The van der Waals surface area contributed by atoms with E-state index in [1.54, 1.807) is 24.3 Å². The molecule has 0 aliphatic carbocycles. The van der Waals surface area contributed by atoms with Crippen LogP contribution in [-0.4, -0.2) is 23.3 Å². The van der Waals surface area contributed by atoms with Gasteiger partial charge in [-0.25, -0.2) is 0 Å². The molecule has 1 aliphatic rings. The normalized spacial score (nSPS) is 16.0. The Balaban J connectivity index is 2.09. The summed E-state index contributed by atoms with van der Waals surface area (Å²) in [5.41, 5.74) is 1.09. The molecule has 0 radical (unpaired) electrons. The third-order valence-corrected chi connectivity index (χ3v) is 3.42. The number of hydrogen-bond acceptors (Lipinski definition) is 2. The molecule has 0 aromatic heterocycles. The lowest BCUT2D eigenvalue weighted by atomic mass is 10.0. The molecule has 1 aromatic carbocycles. The van der Waals surface area contributed by atoms with E-state index in [2.05, 4.69) is 13.8 Å². The highest BCUT2D eigenvalue weighted by Crippen LogP contribution is 2.24. The van der Waals surface area contributed by atoms with Gasteiger partial charge in [0.05, 0.1) is 11.1 Å². The summed E-state index contributed by atoms with van der Waals surface area (Å²) in [6.07, 6.45) is 3.35. The van der Waals surface area contributed by atoms with E-state index in [9.17, 15) is 9.59 Å². The number of imide groups is 1. The minimum Gasteiger partial charge on any atom is -0.274 e. The first kappa shape index (κ1) is 12.8. The van der Waals surface area contributed by atoms with Crippen LogP contribution in [0, 0.1) is 5.92 Å². The van der Waals surface area contributed by atoms with Gasteiger partial charge in [-0.2, -0.15) is 0 Å². The van der Waals surface area contributed by atoms with Gasteiger partial charge in [-0.05, 0) is 24.5 Å². The van der Waals surface area contributed by atoms with Gasteiger partial charge in [0.25, 0.3) is 11.8 Å². The van der Waals surface area contributed by atoms with Crippen molar-refractivity contribution in [1.29, 1.82) is 0 Å². The predicted molar refractivity (Wildman–Crippen MR) is 70.5 cm³/mol. The maximum atomic E-state index is 12.1. The Morgan fingerprint density at radius 1 is 1.11 bits per heavy atom. The minimum absolute atomic E-state index is 0.140. The number of carbonyl (C=O) groups excluding carboxylic acids is 2. The average molecular weight is 245 g/mol. The van der Waals surface area contributed by atoms with Crippen LogP contribution in [0.1, 0.15) is 53.8 Å². The lowest BCUT2D eigenvalue weighted by Crippen LogP contribution is -2.33. The summed E-state index contributed by atoms with van der Waals surface area (Å²) < 4.78 is 0. The first-order valence-electron chi connectivity index (χ1n) is 6.60. The van der Waals surface area contributed by atoms with Crippen LogP contribution in [0.5, 0.6) is 0 Å². The van der Waals surface area contributed by atoms with Gasteiger partial charge in [0.2, 0.25) is 0 Å². The van der Waals surface area contributed by atoms with Gasteiger partial charge in [-0.3, -0.25) is 14.5 Å². The van der Waals surface area contributed by atoms with E-state index < -0.39 is 0 Å². The molecular weight excluding hydrogens is 226 g/mol. The molecular formula is C15H19NO2. The average Bonchev–Trinajstić information content (AvgIpc) is 2.62. The van der Waals surface area contributed by atoms with Gasteiger partial charge in [0.1, 0.15) is 0 Å². The van der Waals surface area contributed by atoms with Crippen molar-refractivity contribution in [3.05, 3.63) is 35.4 Å². The Bertz CT molecular complexity index is 432. The summed E-state index contributed by atoms with van der Waals surface area (Å²) in [6.45, 7) is 4.78. The molecule has 96 valence electrons. The van der Waals surface area contributed by atoms with Crippen LogP contribution in [0.3, 0.4) is 0 Å². The molecule has 2 rings (SSSR count). The van der Waals surface area contributed by atoms with Crippen molar-refractivity contribution in [3.8, 4) is 0 Å². The SMILES string of the molecule is CCCCC(C)CN1C(=O)c2ccccc2C1=O. The first-order chi connectivity index (χ1) is 8.65. The Labute approximate surface area is 108 Å². The fourth-order valence-electron chi connectivity index (χ4n) is 2.36. The van der Waals surface area contributed by atoms with Crippen molar-refractivity contribution in [2.24, 2.45) is 5.92 Å². The lowest BCUT2D eigenvalue weighted by Gasteiger charge is -2.18. The molecule has 3 nitrogen and oxygen atoms in total. The standard InChI is InChI=1S/C15H19NO2/c1-3-4-7-11(2)10-16-14(17)12-8-5-6-9-13(12)15(16)18/h5-6,8-9,11H,3-4,7,10H2,1-2H3. The predicted octanol–water partition coefficient (Wildman–Crippen LogP) is 3.11. The molecule has 0 saturated heterocycles. The van der Waals surface area contributed by atoms with Gasteiger partial charge in [0, 0.05) is 6.54 Å². The number of benzene rings is 1. The zero-order valence-electron chi connectivity index (χ0n) is 11.0. The number of fused-ring (bicyclic) bond motifs is 1. The van der Waals surface area contributed by atoms with E-state index in [0.717, 1.165) is 19.3 Å². The summed E-state index contributed by atoms with van der Waals surface area (Å²) in [7, 11) is 0. The number of carbonyl (C=O) groups is 2. The van der Waals surface area contributed by atoms with E-state index in [-0.39, 0.29) is 11.8 Å². The van der Waals surface area contributed by atoms with Crippen molar-refractivity contribution < 1.29 is 9.59 Å². The summed E-state index contributed by atoms with van der Waals surface area (Å²) in [4.78, 5) is 25.6. The monoisotopic (exact) mass is 245 g/mol. The zero-order valence-corrected chi connectivity index (χ0v) is 11.0. The molecule has 1 heterocycles. The number of amides is 2. The molecule has 0 bridgehead atoms. The molecule has 3 heteroatoms. The Morgan fingerprint density at radius 3 is 2.17 bits per heavy atom. The molecule has 18 heavy (non-hydrogen) atoms. The third kappa shape index (κ3) is 2.30. The number of nitrogens with zero attached hydrogens (tertiary/aromatic N) is 1. The van der Waals surface area contributed by atoms with E-state index >= 15 is 0 Å². The molecule has 2 amide bonds. The van der Waals surface area contributed by atoms with Gasteiger partial charge in [0.15, 0.2) is 0 Å². The maximum Gasteiger partial charge on any atom is 0.261 e. The Kier molecular flexibility index (Phi) is 3.80. The summed E-state index contributed by atoms with van der Waals surface area (Å²) in [5.74, 6) is 0.0880. The first-order valence-corrected chi connectivity index (χ1v) is 6.60. The minimum atomic E-state index is -0.140. The number of hydrogen-bond donors (Lipinski definition) is 0. The highest BCUT2D eigenvalue weighted by molar-refractivity contribution is 6.21. The van der Waals surface area contributed by atoms with E-state index in [1.807, 2.05) is 0 Å². The van der Waals surface area contributed by atoms with Crippen molar-refractivity contribution in [2.45, 2.75) is 33.1 Å². The molecule has 1 aliphatic heterocycles. The molecule has 1 unspecified atom stereocenters. The van der Waals surface area contributed by atoms with Gasteiger partial charge < -0.3 is 0 Å². The van der Waals surface area contributed by atoms with Crippen molar-refractivity contribution in [1.82, 2.24) is 4.90 Å². The van der Waals surface area contributed by atoms with Crippen molar-refractivity contribution >= 4 is 11.8 Å². The molecule has 0 fully saturated rings. The van der Waals surface area contributed by atoms with Crippen LogP contribution in [0.4, 0.5) is 0 Å². The summed E-state index contributed by atoms with van der Waals surface area (Å²) in [6, 6.07) is 7.06. The largest absolute Gasteiger partial charge is 0.274 e. The van der Waals surface area contributed by atoms with E-state index in [1.165, 1.54) is 4.90 Å². The number of rotatable bonds is 5. The zero-order chi connectivity index (χ0) is 13.1. The van der Waals surface area contributed by atoms with Gasteiger partial charge in [-0.15, -0.1) is 0 Å². The smallest absolute Gasteiger partial charge is 0.261 e. The second-order valence-electron chi connectivity index (χ2n) is 5.01. The topological polar surface area (TPSA) is 37.4 Å². The highest BCUT2D eigenvalue weighted by Gasteiger charge is 2.35. The summed E-state index contributed by atoms with van der Waals surface area (Å²) >= 11 is 0. The van der Waals surface area contributed by atoms with Crippen LogP contribution in [0.2, 0.25) is 0 Å². The fraction of sp³-hybridized carbons (Fsp3) is 0.467.